The maximum Gasteiger partial charge on any atom is 0.163 e. The van der Waals surface area contributed by atoms with Crippen molar-refractivity contribution >= 4 is 33.8 Å². The highest BCUT2D eigenvalue weighted by Gasteiger charge is 2.59. The molecule has 0 amide bonds. The number of hydrogen-bond acceptors (Lipinski definition) is 6. The van der Waals surface area contributed by atoms with Crippen LogP contribution >= 0.6 is 11.6 Å². The fourth-order valence-electron chi connectivity index (χ4n) is 6.15. The molecule has 0 radical (unpaired) electrons. The third kappa shape index (κ3) is 3.95. The zero-order valence-electron chi connectivity index (χ0n) is 21.1. The summed E-state index contributed by atoms with van der Waals surface area (Å²) in [7, 11) is 0. The number of hydrogen-bond donors (Lipinski definition) is 1. The maximum absolute atomic E-state index is 15.0. The molecule has 1 saturated carbocycles. The fraction of sp³-hybridized carbons (Fsp3) is 0.444. The monoisotopic (exact) mass is 527 g/mol. The lowest BCUT2D eigenvalue weighted by molar-refractivity contribution is -0.166. The molecular formula is C27H28ClF2N5O2. The van der Waals surface area contributed by atoms with E-state index in [0.29, 0.717) is 41.4 Å². The number of pyridine rings is 1. The minimum absolute atomic E-state index is 0.139. The lowest BCUT2D eigenvalue weighted by atomic mass is 9.79. The van der Waals surface area contributed by atoms with E-state index in [-0.39, 0.29) is 46.0 Å². The average Bonchev–Trinajstić information content (AvgIpc) is 3.42. The van der Waals surface area contributed by atoms with E-state index in [4.69, 9.17) is 26.8 Å². The van der Waals surface area contributed by atoms with Crippen molar-refractivity contribution < 1.29 is 18.3 Å². The summed E-state index contributed by atoms with van der Waals surface area (Å²) in [6.45, 7) is 7.72. The van der Waals surface area contributed by atoms with Crippen LogP contribution in [0.1, 0.15) is 56.5 Å². The molecule has 10 heteroatoms. The van der Waals surface area contributed by atoms with Crippen LogP contribution in [-0.4, -0.2) is 37.6 Å². The number of ether oxygens (including phenoxy) is 2. The summed E-state index contributed by atoms with van der Waals surface area (Å²) >= 11 is 6.04. The number of halogens is 3. The molecular weight excluding hydrogens is 500 g/mol. The first-order valence-electron chi connectivity index (χ1n) is 12.3. The maximum atomic E-state index is 15.0. The minimum Gasteiger partial charge on any atom is -0.382 e. The van der Waals surface area contributed by atoms with Gasteiger partial charge in [-0.1, -0.05) is 18.5 Å². The van der Waals surface area contributed by atoms with Crippen molar-refractivity contribution in [1.82, 2.24) is 19.6 Å². The van der Waals surface area contributed by atoms with Crippen molar-refractivity contribution in [2.75, 3.05) is 5.73 Å². The van der Waals surface area contributed by atoms with Gasteiger partial charge in [-0.25, -0.2) is 23.3 Å². The number of rotatable bonds is 4. The van der Waals surface area contributed by atoms with E-state index < -0.39 is 5.79 Å². The van der Waals surface area contributed by atoms with E-state index >= 15 is 0 Å². The van der Waals surface area contributed by atoms with Gasteiger partial charge in [0.1, 0.15) is 23.5 Å². The molecule has 0 spiro atoms. The SMILES string of the molecule is Cc1ncnn2c([C@@H]3C[C@](C)(CCc4cc(F)c5cc(Cl)c(N)nc5c4)[C@H]4OC(C)(C)O[C@@H]34)cc(F)c12. The molecule has 37 heavy (non-hydrogen) atoms. The number of aromatic nitrogens is 4. The molecule has 4 heterocycles. The lowest BCUT2D eigenvalue weighted by Crippen LogP contribution is -2.33. The molecule has 0 unspecified atom stereocenters. The second-order valence-electron chi connectivity index (χ2n) is 11.0. The van der Waals surface area contributed by atoms with Gasteiger partial charge in [0.15, 0.2) is 11.6 Å². The van der Waals surface area contributed by atoms with Gasteiger partial charge in [-0.3, -0.25) is 0 Å². The zero-order chi connectivity index (χ0) is 26.3. The number of fused-ring (bicyclic) bond motifs is 3. The smallest absolute Gasteiger partial charge is 0.163 e. The van der Waals surface area contributed by atoms with Gasteiger partial charge in [0.2, 0.25) is 0 Å². The summed E-state index contributed by atoms with van der Waals surface area (Å²) in [5, 5.41) is 4.92. The van der Waals surface area contributed by atoms with Gasteiger partial charge in [-0.05, 0) is 75.3 Å². The van der Waals surface area contributed by atoms with Gasteiger partial charge in [0, 0.05) is 11.3 Å². The number of nitrogen functional groups attached to an aromatic ring is 1. The Hall–Kier alpha value is -2.88. The van der Waals surface area contributed by atoms with Crippen LogP contribution in [0.3, 0.4) is 0 Å². The standard InChI is InChI=1S/C27H28ClF2N5O2/c1-13-22-19(30)10-21(35(22)33-12-32-13)16-11-27(4,24-23(16)36-26(2,3)37-24)6-5-14-7-18(29)15-9-17(28)25(31)34-20(15)8-14/h7-10,12,16,23-24H,5-6,11H2,1-4H3,(H2,31,34)/t16-,23-,24-,27-/m0/s1. The molecule has 1 aromatic carbocycles. The Morgan fingerprint density at radius 2 is 1.92 bits per heavy atom. The van der Waals surface area contributed by atoms with Gasteiger partial charge in [-0.2, -0.15) is 5.10 Å². The highest BCUT2D eigenvalue weighted by atomic mass is 35.5. The lowest BCUT2D eigenvalue weighted by Gasteiger charge is -2.32. The van der Waals surface area contributed by atoms with Crippen LogP contribution in [0.15, 0.2) is 30.6 Å². The number of aryl methyl sites for hydroxylation is 2. The van der Waals surface area contributed by atoms with Gasteiger partial charge in [0.05, 0.1) is 34.1 Å². The van der Waals surface area contributed by atoms with Crippen LogP contribution in [0.5, 0.6) is 0 Å². The first kappa shape index (κ1) is 24.5. The molecule has 4 aromatic rings. The normalized spacial score (nSPS) is 26.8. The van der Waals surface area contributed by atoms with E-state index in [1.807, 2.05) is 19.9 Å². The average molecular weight is 528 g/mol. The number of benzene rings is 1. The van der Waals surface area contributed by atoms with Gasteiger partial charge in [-0.15, -0.1) is 0 Å². The predicted octanol–water partition coefficient (Wildman–Crippen LogP) is 5.75. The summed E-state index contributed by atoms with van der Waals surface area (Å²) in [5.41, 5.74) is 8.51. The van der Waals surface area contributed by atoms with E-state index in [9.17, 15) is 8.78 Å². The second kappa shape index (κ2) is 8.31. The second-order valence-corrected chi connectivity index (χ2v) is 11.4. The molecule has 2 aliphatic rings. The van der Waals surface area contributed by atoms with Gasteiger partial charge in [0.25, 0.3) is 0 Å². The molecule has 3 aromatic heterocycles. The Labute approximate surface area is 217 Å². The third-order valence-corrected chi connectivity index (χ3v) is 8.21. The van der Waals surface area contributed by atoms with E-state index in [1.165, 1.54) is 18.5 Å². The molecule has 7 nitrogen and oxygen atoms in total. The summed E-state index contributed by atoms with van der Waals surface area (Å²) in [5.74, 6) is -1.48. The summed E-state index contributed by atoms with van der Waals surface area (Å²) < 4.78 is 44.3. The van der Waals surface area contributed by atoms with Gasteiger partial charge < -0.3 is 15.2 Å². The van der Waals surface area contributed by atoms with Crippen molar-refractivity contribution in [1.29, 1.82) is 0 Å². The van der Waals surface area contributed by atoms with E-state index in [1.54, 1.807) is 17.5 Å². The minimum atomic E-state index is -0.776. The Balaban J connectivity index is 1.34. The quantitative estimate of drug-likeness (QED) is 0.364. The van der Waals surface area contributed by atoms with Crippen LogP contribution in [0, 0.1) is 24.0 Å². The van der Waals surface area contributed by atoms with Gasteiger partial charge >= 0.3 is 0 Å². The molecule has 0 bridgehead atoms. The van der Waals surface area contributed by atoms with Crippen molar-refractivity contribution in [3.8, 4) is 0 Å². The van der Waals surface area contributed by atoms with Crippen LogP contribution < -0.4 is 5.73 Å². The summed E-state index contributed by atoms with van der Waals surface area (Å²) in [6.07, 6.45) is 2.95. The molecule has 6 rings (SSSR count). The number of nitrogens with zero attached hydrogens (tertiary/aromatic N) is 4. The molecule has 4 atom stereocenters. The number of nitrogens with two attached hydrogens (primary N) is 1. The zero-order valence-corrected chi connectivity index (χ0v) is 21.8. The first-order chi connectivity index (χ1) is 17.5. The van der Waals surface area contributed by atoms with Crippen molar-refractivity contribution in [2.24, 2.45) is 5.41 Å². The first-order valence-corrected chi connectivity index (χ1v) is 12.7. The summed E-state index contributed by atoms with van der Waals surface area (Å²) in [4.78, 5) is 8.42. The molecule has 1 saturated heterocycles. The molecule has 194 valence electrons. The largest absolute Gasteiger partial charge is 0.382 e. The Morgan fingerprint density at radius 3 is 2.70 bits per heavy atom. The van der Waals surface area contributed by atoms with Crippen LogP contribution in [0.2, 0.25) is 5.02 Å². The number of anilines is 1. The molecule has 1 aliphatic carbocycles. The Bertz CT molecular complexity index is 1560. The van der Waals surface area contributed by atoms with E-state index in [0.717, 1.165) is 11.3 Å². The van der Waals surface area contributed by atoms with E-state index in [2.05, 4.69) is 22.0 Å². The van der Waals surface area contributed by atoms with Crippen LogP contribution in [-0.2, 0) is 15.9 Å². The third-order valence-electron chi connectivity index (χ3n) is 7.91. The highest BCUT2D eigenvalue weighted by molar-refractivity contribution is 6.33. The van der Waals surface area contributed by atoms with Crippen LogP contribution in [0.25, 0.3) is 16.4 Å². The Morgan fingerprint density at radius 1 is 1.14 bits per heavy atom. The summed E-state index contributed by atoms with van der Waals surface area (Å²) in [6, 6.07) is 6.42. The van der Waals surface area contributed by atoms with Crippen molar-refractivity contribution in [3.05, 3.63) is 64.2 Å². The predicted molar refractivity (Wildman–Crippen MR) is 136 cm³/mol. The highest BCUT2D eigenvalue weighted by Crippen LogP contribution is 2.56. The molecule has 2 fully saturated rings. The molecule has 1 aliphatic heterocycles. The topological polar surface area (TPSA) is 87.6 Å². The Kier molecular flexibility index (Phi) is 5.49. The van der Waals surface area contributed by atoms with Crippen molar-refractivity contribution in [3.63, 3.8) is 0 Å². The molecule has 2 N–H and O–H groups in total. The van der Waals surface area contributed by atoms with Crippen molar-refractivity contribution in [2.45, 2.75) is 70.9 Å². The fourth-order valence-corrected chi connectivity index (χ4v) is 6.31. The van der Waals surface area contributed by atoms with Crippen LogP contribution in [0.4, 0.5) is 14.6 Å².